The number of aryl methyl sites for hydroxylation is 1. The number of hydrogen-bond acceptors (Lipinski definition) is 3. The van der Waals surface area contributed by atoms with Gasteiger partial charge in [-0.1, -0.05) is 6.07 Å². The molecule has 18 heavy (non-hydrogen) atoms. The van der Waals surface area contributed by atoms with Crippen molar-refractivity contribution in [1.82, 2.24) is 10.3 Å². The van der Waals surface area contributed by atoms with Crippen LogP contribution >= 0.6 is 0 Å². The van der Waals surface area contributed by atoms with Crippen molar-refractivity contribution in [2.75, 3.05) is 11.9 Å². The molecule has 0 fully saturated rings. The highest BCUT2D eigenvalue weighted by Gasteiger charge is 2.17. The number of pyridine rings is 1. The molecular weight excluding hydrogens is 230 g/mol. The number of nitrogens with zero attached hydrogens (tertiary/aromatic N) is 1. The first-order valence-corrected chi connectivity index (χ1v) is 6.43. The maximum atomic E-state index is 10.3. The van der Waals surface area contributed by atoms with Crippen LogP contribution in [0.5, 0.6) is 0 Å². The summed E-state index contributed by atoms with van der Waals surface area (Å²) in [6, 6.07) is 4.55. The Hall–Kier alpha value is -1.78. The van der Waals surface area contributed by atoms with E-state index in [1.807, 2.05) is 12.3 Å². The van der Waals surface area contributed by atoms with E-state index >= 15 is 0 Å². The number of fused-ring (bicyclic) bond motifs is 1. The van der Waals surface area contributed by atoms with E-state index in [0.717, 1.165) is 37.9 Å². The second-order valence-corrected chi connectivity index (χ2v) is 4.62. The number of anilines is 1. The van der Waals surface area contributed by atoms with E-state index in [1.165, 1.54) is 5.56 Å². The number of amides is 1. The van der Waals surface area contributed by atoms with Crippen LogP contribution in [0.3, 0.4) is 0 Å². The van der Waals surface area contributed by atoms with Crippen molar-refractivity contribution in [3.8, 4) is 0 Å². The zero-order valence-electron chi connectivity index (χ0n) is 10.4. The number of hydrogen-bond donors (Lipinski definition) is 3. The molecule has 0 bridgehead atoms. The fraction of sp³-hybridized carbons (Fsp3) is 0.538. The van der Waals surface area contributed by atoms with Gasteiger partial charge in [-0.25, -0.2) is 9.78 Å². The minimum absolute atomic E-state index is 0.470. The quantitative estimate of drug-likeness (QED) is 0.700. The third-order valence-corrected chi connectivity index (χ3v) is 3.25. The fourth-order valence-electron chi connectivity index (χ4n) is 2.29. The zero-order valence-corrected chi connectivity index (χ0v) is 10.4. The van der Waals surface area contributed by atoms with E-state index in [0.29, 0.717) is 12.6 Å². The second-order valence-electron chi connectivity index (χ2n) is 4.62. The Bertz CT molecular complexity index is 409. The van der Waals surface area contributed by atoms with Gasteiger partial charge in [-0.15, -0.1) is 0 Å². The summed E-state index contributed by atoms with van der Waals surface area (Å²) in [6.45, 7) is 0.539. The van der Waals surface area contributed by atoms with Gasteiger partial charge in [0.2, 0.25) is 0 Å². The van der Waals surface area contributed by atoms with E-state index in [2.05, 4.69) is 21.7 Å². The van der Waals surface area contributed by atoms with E-state index in [9.17, 15) is 4.79 Å². The monoisotopic (exact) mass is 249 g/mol. The molecule has 0 aromatic carbocycles. The molecule has 0 spiro atoms. The van der Waals surface area contributed by atoms with Crippen molar-refractivity contribution in [3.05, 3.63) is 23.9 Å². The van der Waals surface area contributed by atoms with Crippen LogP contribution in [0.2, 0.25) is 0 Å². The van der Waals surface area contributed by atoms with Crippen LogP contribution in [0.25, 0.3) is 0 Å². The lowest BCUT2D eigenvalue weighted by Gasteiger charge is -2.25. The molecule has 1 aromatic rings. The Labute approximate surface area is 107 Å². The molecule has 2 heterocycles. The van der Waals surface area contributed by atoms with Crippen LogP contribution in [-0.2, 0) is 6.42 Å². The highest BCUT2D eigenvalue weighted by Crippen LogP contribution is 2.24. The smallest absolute Gasteiger partial charge is 0.404 e. The zero-order chi connectivity index (χ0) is 12.8. The first-order valence-electron chi connectivity index (χ1n) is 6.43. The number of carbonyl (C=O) groups is 1. The second kappa shape index (κ2) is 6.23. The molecular formula is C13H19N3O2. The third kappa shape index (κ3) is 3.61. The van der Waals surface area contributed by atoms with Crippen molar-refractivity contribution in [2.45, 2.75) is 38.1 Å². The van der Waals surface area contributed by atoms with E-state index < -0.39 is 6.09 Å². The van der Waals surface area contributed by atoms with Crippen molar-refractivity contribution in [3.63, 3.8) is 0 Å². The van der Waals surface area contributed by atoms with Crippen LogP contribution in [0.4, 0.5) is 10.6 Å². The summed E-state index contributed by atoms with van der Waals surface area (Å²) in [4.78, 5) is 14.6. The van der Waals surface area contributed by atoms with Gasteiger partial charge >= 0.3 is 6.09 Å². The van der Waals surface area contributed by atoms with Crippen LogP contribution in [0.15, 0.2) is 18.3 Å². The maximum Gasteiger partial charge on any atom is 0.404 e. The number of nitrogens with one attached hydrogen (secondary N) is 2. The van der Waals surface area contributed by atoms with E-state index in [1.54, 1.807) is 0 Å². The standard InChI is InChI=1S/C13H19N3O2/c17-13(18)15-8-2-1-5-11-7-6-10-4-3-9-14-12(10)16-11/h3-4,9,11,15H,1-2,5-8H2,(H,14,16)(H,17,18). The molecule has 0 saturated carbocycles. The molecule has 1 unspecified atom stereocenters. The Morgan fingerprint density at radius 2 is 2.44 bits per heavy atom. The average Bonchev–Trinajstić information content (AvgIpc) is 2.38. The van der Waals surface area contributed by atoms with Gasteiger partial charge in [-0.2, -0.15) is 0 Å². The summed E-state index contributed by atoms with van der Waals surface area (Å²) in [6.07, 6.45) is 6.06. The summed E-state index contributed by atoms with van der Waals surface area (Å²) in [5.41, 5.74) is 1.29. The SMILES string of the molecule is O=C(O)NCCCCC1CCc2cccnc2N1. The lowest BCUT2D eigenvalue weighted by molar-refractivity contribution is 0.194. The molecule has 98 valence electrons. The van der Waals surface area contributed by atoms with Gasteiger partial charge in [-0.3, -0.25) is 0 Å². The van der Waals surface area contributed by atoms with Crippen LogP contribution in [0, 0.1) is 0 Å². The van der Waals surface area contributed by atoms with Crippen molar-refractivity contribution in [2.24, 2.45) is 0 Å². The van der Waals surface area contributed by atoms with Gasteiger partial charge in [0.05, 0.1) is 0 Å². The molecule has 1 aliphatic heterocycles. The number of unbranched alkanes of at least 4 members (excludes halogenated alkanes) is 1. The summed E-state index contributed by atoms with van der Waals surface area (Å²) >= 11 is 0. The van der Waals surface area contributed by atoms with Gasteiger partial charge in [0, 0.05) is 18.8 Å². The van der Waals surface area contributed by atoms with Gasteiger partial charge in [0.15, 0.2) is 0 Å². The molecule has 2 rings (SSSR count). The largest absolute Gasteiger partial charge is 0.465 e. The Kier molecular flexibility index (Phi) is 4.39. The highest BCUT2D eigenvalue weighted by atomic mass is 16.4. The third-order valence-electron chi connectivity index (χ3n) is 3.25. The van der Waals surface area contributed by atoms with Gasteiger partial charge in [0.1, 0.15) is 5.82 Å². The molecule has 1 amide bonds. The van der Waals surface area contributed by atoms with Crippen molar-refractivity contribution >= 4 is 11.9 Å². The number of aromatic nitrogens is 1. The summed E-state index contributed by atoms with van der Waals surface area (Å²) < 4.78 is 0. The van der Waals surface area contributed by atoms with E-state index in [-0.39, 0.29) is 0 Å². The van der Waals surface area contributed by atoms with Crippen molar-refractivity contribution < 1.29 is 9.90 Å². The first-order chi connectivity index (χ1) is 8.75. The highest BCUT2D eigenvalue weighted by molar-refractivity contribution is 5.64. The number of carboxylic acid groups (broad SMARTS) is 1. The topological polar surface area (TPSA) is 74.2 Å². The molecule has 1 aromatic heterocycles. The summed E-state index contributed by atoms with van der Waals surface area (Å²) in [5, 5.41) is 14.3. The van der Waals surface area contributed by atoms with Gasteiger partial charge in [0.25, 0.3) is 0 Å². The molecule has 5 nitrogen and oxygen atoms in total. The minimum atomic E-state index is -0.941. The molecule has 0 radical (unpaired) electrons. The summed E-state index contributed by atoms with van der Waals surface area (Å²) in [5.74, 6) is 1.01. The van der Waals surface area contributed by atoms with Crippen LogP contribution in [-0.4, -0.2) is 28.8 Å². The maximum absolute atomic E-state index is 10.3. The van der Waals surface area contributed by atoms with Gasteiger partial charge < -0.3 is 15.7 Å². The Morgan fingerprint density at radius 3 is 3.28 bits per heavy atom. The molecule has 0 saturated heterocycles. The molecule has 1 aliphatic rings. The van der Waals surface area contributed by atoms with Crippen LogP contribution in [0.1, 0.15) is 31.2 Å². The lowest BCUT2D eigenvalue weighted by atomic mass is 9.97. The average molecular weight is 249 g/mol. The Balaban J connectivity index is 1.68. The number of rotatable bonds is 5. The predicted octanol–water partition coefficient (Wildman–Crippen LogP) is 2.25. The fourth-order valence-corrected chi connectivity index (χ4v) is 2.29. The molecule has 1 atom stereocenters. The Morgan fingerprint density at radius 1 is 1.56 bits per heavy atom. The normalized spacial score (nSPS) is 17.7. The molecule has 0 aliphatic carbocycles. The minimum Gasteiger partial charge on any atom is -0.465 e. The molecule has 3 N–H and O–H groups in total. The van der Waals surface area contributed by atoms with Crippen LogP contribution < -0.4 is 10.6 Å². The van der Waals surface area contributed by atoms with Crippen molar-refractivity contribution in [1.29, 1.82) is 0 Å². The predicted molar refractivity (Wildman–Crippen MR) is 69.8 cm³/mol. The first kappa shape index (κ1) is 12.7. The summed E-state index contributed by atoms with van der Waals surface area (Å²) in [7, 11) is 0. The molecule has 5 heteroatoms. The van der Waals surface area contributed by atoms with E-state index in [4.69, 9.17) is 5.11 Å². The lowest BCUT2D eigenvalue weighted by Crippen LogP contribution is -2.27. The van der Waals surface area contributed by atoms with Gasteiger partial charge in [-0.05, 0) is 43.7 Å².